The van der Waals surface area contributed by atoms with Gasteiger partial charge in [0.15, 0.2) is 0 Å². The van der Waals surface area contributed by atoms with E-state index in [0.717, 1.165) is 61.5 Å². The maximum Gasteiger partial charge on any atom is 0.322 e. The topological polar surface area (TPSA) is 530 Å². The van der Waals surface area contributed by atoms with Crippen molar-refractivity contribution in [1.82, 2.24) is 73.6 Å². The summed E-state index contributed by atoms with van der Waals surface area (Å²) in [6.07, 6.45) is 8.95. The molecule has 36 nitrogen and oxygen atoms in total. The van der Waals surface area contributed by atoms with Crippen LogP contribution in [0.15, 0.2) is 0 Å². The zero-order valence-corrected chi connectivity index (χ0v) is 77.2. The number of nitrogens with zero attached hydrogens (tertiary/aromatic N) is 2. The number of rotatable bonds is 47. The number of hydrogen-bond acceptors (Lipinski definition) is 25. The van der Waals surface area contributed by atoms with Crippen LogP contribution in [0.3, 0.4) is 0 Å². The number of carbonyl (C=O) groups is 21. The Kier molecular flexibility index (Phi) is 44.4. The Morgan fingerprint density at radius 1 is 0.371 bits per heavy atom. The standard InChI is InChI=1S/C42H65N7O12S2.C42H67N7O10S2/c1-7-11-28(35(55)40(60)43-21-32(53)54)45-38(58)31-20-42(62-18-19-63-42)22-49(31)41(61)34(27-12-9-8-10-13-27)48-39(59)33(23(2)3)47-37(57)30(17-15-25(5)51)46-36(56)29(44-26(6)52)16-14-24(4)50;1-8-13-29(35(53)40(58)43-9-2)45-38(56)32-22-42(60-20-21-61-42)23-49(32)41(59)34(28-14-11-10-12-15-28)48-39(57)33(24(3)4)47-37(55)31(19-17-26(6)51)46-36(54)30(44-27(7)52)18-16-25(5)50/h23,27-31,33-34H,7-22H2,1-6H3,(H,43,60)(H,44,52)(H,45,58)(H,46,56)(H,47,57)(H,48,59)(H,53,54);24,28-34H,8-23H2,1-7H3,(H,43,58)(H,44,52)(H,45,56)(H,46,54)(H,47,55)(H,48,57)/t28?,29?,30?,31-,33?,34?;29?,30?,31?,32-,33?,34?/m00/s1. The van der Waals surface area contributed by atoms with E-state index in [4.69, 9.17) is 5.11 Å². The average molecular weight is 1820 g/mol. The van der Waals surface area contributed by atoms with Crippen molar-refractivity contribution in [3.05, 3.63) is 0 Å². The number of nitrogens with one attached hydrogen (secondary N) is 12. The highest BCUT2D eigenvalue weighted by Crippen LogP contribution is 2.53. The summed E-state index contributed by atoms with van der Waals surface area (Å²) in [7, 11) is 0. The molecule has 6 rings (SSSR count). The monoisotopic (exact) mass is 1820 g/mol. The van der Waals surface area contributed by atoms with Gasteiger partial charge in [0, 0.05) is 95.0 Å². The Labute approximate surface area is 743 Å². The third-order valence-electron chi connectivity index (χ3n) is 22.6. The van der Waals surface area contributed by atoms with Crippen LogP contribution in [0.2, 0.25) is 0 Å². The number of carboxylic acids is 1. The lowest BCUT2D eigenvalue weighted by atomic mass is 9.83. The van der Waals surface area contributed by atoms with Gasteiger partial charge >= 0.3 is 5.97 Å². The molecule has 2 aliphatic carbocycles. The van der Waals surface area contributed by atoms with E-state index in [9.17, 15) is 101 Å². The molecule has 0 aromatic heterocycles. The number of likely N-dealkylation sites (tertiary alicyclic amines) is 2. The van der Waals surface area contributed by atoms with E-state index in [2.05, 4.69) is 58.5 Å². The molecular weight excluding hydrogens is 1690 g/mol. The second-order valence-corrected chi connectivity index (χ2v) is 40.2. The Morgan fingerprint density at radius 2 is 0.677 bits per heavy atom. The van der Waals surface area contributed by atoms with Crippen molar-refractivity contribution in [3.63, 3.8) is 0 Å². The molecule has 14 amide bonds. The minimum Gasteiger partial charge on any atom is -0.480 e. The summed E-state index contributed by atoms with van der Waals surface area (Å²) in [4.78, 5) is 278. The Bertz CT molecular complexity index is 3850. The number of amides is 14. The molecule has 4 heterocycles. The van der Waals surface area contributed by atoms with E-state index in [1.165, 1.54) is 51.3 Å². The van der Waals surface area contributed by atoms with Gasteiger partial charge in [-0.1, -0.05) is 92.9 Å². The van der Waals surface area contributed by atoms with Gasteiger partial charge in [-0.2, -0.15) is 0 Å². The molecule has 10 unspecified atom stereocenters. The third kappa shape index (κ3) is 33.3. The largest absolute Gasteiger partial charge is 0.480 e. The Balaban J connectivity index is 0.000000441. The van der Waals surface area contributed by atoms with Gasteiger partial charge in [0.1, 0.15) is 90.1 Å². The van der Waals surface area contributed by atoms with Gasteiger partial charge in [-0.3, -0.25) is 81.5 Å². The van der Waals surface area contributed by atoms with Gasteiger partial charge in [0.05, 0.1) is 20.2 Å². The molecule has 40 heteroatoms. The summed E-state index contributed by atoms with van der Waals surface area (Å²) in [5.41, 5.74) is 0. The number of thioether (sulfide) groups is 4. The summed E-state index contributed by atoms with van der Waals surface area (Å²) in [5, 5.41) is 40.5. The molecule has 0 aromatic rings. The minimum absolute atomic E-state index is 0.00250. The highest BCUT2D eigenvalue weighted by Gasteiger charge is 2.56. The van der Waals surface area contributed by atoms with Crippen molar-refractivity contribution in [2.24, 2.45) is 23.7 Å². The fourth-order valence-corrected chi connectivity index (χ4v) is 22.6. The third-order valence-corrected chi connectivity index (χ3v) is 29.5. The number of carbonyl (C=O) groups excluding carboxylic acids is 20. The lowest BCUT2D eigenvalue weighted by molar-refractivity contribution is -0.145. The van der Waals surface area contributed by atoms with Crippen LogP contribution >= 0.6 is 47.0 Å². The molecule has 2 spiro atoms. The van der Waals surface area contributed by atoms with Crippen LogP contribution < -0.4 is 63.8 Å². The molecule has 694 valence electrons. The van der Waals surface area contributed by atoms with Crippen LogP contribution in [0.5, 0.6) is 0 Å². The van der Waals surface area contributed by atoms with Gasteiger partial charge in [0.2, 0.25) is 82.5 Å². The van der Waals surface area contributed by atoms with Gasteiger partial charge in [-0.05, 0) is 122 Å². The number of ketones is 6. The summed E-state index contributed by atoms with van der Waals surface area (Å²) in [6, 6.07) is -13.9. The summed E-state index contributed by atoms with van der Waals surface area (Å²) < 4.78 is -1.01. The summed E-state index contributed by atoms with van der Waals surface area (Å²) >= 11 is 6.60. The zero-order valence-electron chi connectivity index (χ0n) is 73.9. The molecule has 12 atom stereocenters. The number of Topliss-reactive ketones (excluding diaryl/α,β-unsaturated/α-hetero) is 6. The number of aliphatic carboxylic acids is 1. The molecule has 6 aliphatic rings. The van der Waals surface area contributed by atoms with Gasteiger partial charge in [-0.25, -0.2) is 0 Å². The first kappa shape index (κ1) is 106. The molecule has 124 heavy (non-hydrogen) atoms. The highest BCUT2D eigenvalue weighted by molar-refractivity contribution is 8.21. The van der Waals surface area contributed by atoms with Crippen LogP contribution in [-0.4, -0.2) is 268 Å². The van der Waals surface area contributed by atoms with Crippen LogP contribution in [0.4, 0.5) is 0 Å². The molecule has 2 saturated carbocycles. The summed E-state index contributed by atoms with van der Waals surface area (Å²) in [6.45, 7) is 19.7. The van der Waals surface area contributed by atoms with Crippen LogP contribution in [-0.2, 0) is 101 Å². The van der Waals surface area contributed by atoms with E-state index in [1.54, 1.807) is 88.6 Å². The zero-order chi connectivity index (χ0) is 92.5. The Morgan fingerprint density at radius 3 is 0.960 bits per heavy atom. The quantitative estimate of drug-likeness (QED) is 0.0389. The SMILES string of the molecule is CCCC(NC(=O)[C@@H]1CC2(CN1C(=O)C(NC(=O)C(NC(=O)C(CCC(C)=O)NC(=O)C(CCC(C)=O)NC(C)=O)C(C)C)C1CCCCC1)SCCS2)C(=O)C(=O)NCC.CCCC(NC(=O)[C@@H]1CC2(CN1C(=O)C(NC(=O)C(NC(=O)C(CCC(C)=O)NC(=O)C(CCC(C)=O)NC(C)=O)C(C)C)C1CCCCC1)SCCS2)C(=O)C(=O)NCC(=O)O. The molecule has 4 saturated heterocycles. The van der Waals surface area contributed by atoms with Crippen LogP contribution in [0.25, 0.3) is 0 Å². The van der Waals surface area contributed by atoms with Gasteiger partial charge < -0.3 is 97.9 Å². The predicted octanol–water partition coefficient (Wildman–Crippen LogP) is 2.44. The molecule has 4 aliphatic heterocycles. The molecule has 0 aromatic carbocycles. The van der Waals surface area contributed by atoms with Gasteiger partial charge in [-0.15, -0.1) is 47.0 Å². The Hall–Kier alpha value is -8.53. The molecule has 13 N–H and O–H groups in total. The fraction of sp³-hybridized carbons (Fsp3) is 0.750. The maximum atomic E-state index is 15.0. The normalized spacial score (nSPS) is 19.6. The fourth-order valence-electron chi connectivity index (χ4n) is 16.1. The number of hydrogen-bond donors (Lipinski definition) is 13. The van der Waals surface area contributed by atoms with Crippen molar-refractivity contribution in [3.8, 4) is 0 Å². The van der Waals surface area contributed by atoms with E-state index in [0.29, 0.717) is 44.9 Å². The number of carboxylic acid groups (broad SMARTS) is 1. The summed E-state index contributed by atoms with van der Waals surface area (Å²) in [5.74, 6) is -12.0. The van der Waals surface area contributed by atoms with Crippen molar-refractivity contribution in [1.29, 1.82) is 0 Å². The van der Waals surface area contributed by atoms with Crippen LogP contribution in [0, 0.1) is 23.7 Å². The van der Waals surface area contributed by atoms with Crippen molar-refractivity contribution < 1.29 is 106 Å². The van der Waals surface area contributed by atoms with Crippen molar-refractivity contribution >= 4 is 170 Å². The van der Waals surface area contributed by atoms with Crippen molar-refractivity contribution in [2.45, 2.75) is 325 Å². The molecule has 6 fully saturated rings. The second kappa shape index (κ2) is 51.9. The van der Waals surface area contributed by atoms with Gasteiger partial charge in [0.25, 0.3) is 11.8 Å². The first-order valence-electron chi connectivity index (χ1n) is 43.5. The predicted molar refractivity (Wildman–Crippen MR) is 468 cm³/mol. The maximum absolute atomic E-state index is 15.0. The first-order valence-corrected chi connectivity index (χ1v) is 47.4. The average Bonchev–Trinajstić information content (AvgIpc) is 1.62. The lowest BCUT2D eigenvalue weighted by Crippen LogP contribution is -2.62. The second-order valence-electron chi connectivity index (χ2n) is 33.8. The molecule has 0 radical (unpaired) electrons. The van der Waals surface area contributed by atoms with E-state index in [-0.39, 0.29) is 125 Å². The van der Waals surface area contributed by atoms with E-state index >= 15 is 0 Å². The number of likely N-dealkylation sites (N-methyl/N-ethyl adjacent to an activating group) is 1. The van der Waals surface area contributed by atoms with Crippen molar-refractivity contribution in [2.75, 3.05) is 49.2 Å². The van der Waals surface area contributed by atoms with E-state index in [1.807, 2.05) is 12.2 Å². The molecular formula is C84H132N14O22S4. The molecule has 0 bridgehead atoms. The minimum atomic E-state index is -1.35. The van der Waals surface area contributed by atoms with E-state index < -0.39 is 199 Å². The first-order chi connectivity index (χ1) is 58.5. The smallest absolute Gasteiger partial charge is 0.322 e. The van der Waals surface area contributed by atoms with Crippen LogP contribution in [0.1, 0.15) is 244 Å². The highest BCUT2D eigenvalue weighted by atomic mass is 32.2. The lowest BCUT2D eigenvalue weighted by Gasteiger charge is -2.36.